The zero-order valence-corrected chi connectivity index (χ0v) is 12.5. The van der Waals surface area contributed by atoms with Gasteiger partial charge >= 0.3 is 0 Å². The first-order chi connectivity index (χ1) is 9.00. The first-order valence-corrected chi connectivity index (χ1v) is 7.45. The van der Waals surface area contributed by atoms with Crippen molar-refractivity contribution in [1.82, 2.24) is 5.32 Å². The lowest BCUT2D eigenvalue weighted by atomic mass is 9.83. The van der Waals surface area contributed by atoms with Gasteiger partial charge in [0.05, 0.1) is 5.41 Å². The average molecular weight is 280 g/mol. The Morgan fingerprint density at radius 1 is 1.16 bits per heavy atom. The van der Waals surface area contributed by atoms with Gasteiger partial charge in [0.2, 0.25) is 5.91 Å². The molecular weight excluding hydrogens is 258 g/mol. The molecule has 1 amide bonds. The van der Waals surface area contributed by atoms with Gasteiger partial charge in [-0.3, -0.25) is 4.79 Å². The van der Waals surface area contributed by atoms with E-state index in [1.807, 2.05) is 38.1 Å². The highest BCUT2D eigenvalue weighted by molar-refractivity contribution is 6.30. The summed E-state index contributed by atoms with van der Waals surface area (Å²) < 4.78 is 0. The van der Waals surface area contributed by atoms with Crippen LogP contribution in [-0.2, 0) is 10.2 Å². The van der Waals surface area contributed by atoms with E-state index in [-0.39, 0.29) is 5.91 Å². The van der Waals surface area contributed by atoms with Crippen LogP contribution in [-0.4, -0.2) is 11.9 Å². The van der Waals surface area contributed by atoms with Crippen molar-refractivity contribution in [3.05, 3.63) is 34.9 Å². The monoisotopic (exact) mass is 279 g/mol. The summed E-state index contributed by atoms with van der Waals surface area (Å²) in [6, 6.07) is 7.90. The van der Waals surface area contributed by atoms with E-state index in [1.54, 1.807) is 0 Å². The van der Waals surface area contributed by atoms with Crippen LogP contribution in [0.2, 0.25) is 5.02 Å². The molecule has 19 heavy (non-hydrogen) atoms. The van der Waals surface area contributed by atoms with E-state index < -0.39 is 5.41 Å². The highest BCUT2D eigenvalue weighted by Crippen LogP contribution is 2.26. The zero-order valence-electron chi connectivity index (χ0n) is 11.7. The zero-order chi connectivity index (χ0) is 13.9. The largest absolute Gasteiger partial charge is 0.353 e. The van der Waals surface area contributed by atoms with E-state index >= 15 is 0 Å². The third-order valence-corrected chi connectivity index (χ3v) is 4.33. The number of hydrogen-bond donors (Lipinski definition) is 1. The van der Waals surface area contributed by atoms with Crippen molar-refractivity contribution >= 4 is 17.5 Å². The molecule has 0 aromatic heterocycles. The van der Waals surface area contributed by atoms with Crippen molar-refractivity contribution in [2.45, 2.75) is 57.4 Å². The molecule has 1 saturated carbocycles. The summed E-state index contributed by atoms with van der Waals surface area (Å²) in [5.74, 6) is 0.113. The highest BCUT2D eigenvalue weighted by atomic mass is 35.5. The van der Waals surface area contributed by atoms with E-state index in [0.717, 1.165) is 18.4 Å². The summed E-state index contributed by atoms with van der Waals surface area (Å²) in [7, 11) is 0. The number of hydrogen-bond acceptors (Lipinski definition) is 1. The fourth-order valence-corrected chi connectivity index (χ4v) is 2.74. The van der Waals surface area contributed by atoms with Crippen LogP contribution in [0.3, 0.4) is 0 Å². The summed E-state index contributed by atoms with van der Waals surface area (Å²) in [6.45, 7) is 3.93. The predicted molar refractivity (Wildman–Crippen MR) is 79.5 cm³/mol. The Balaban J connectivity index is 2.05. The number of benzene rings is 1. The minimum Gasteiger partial charge on any atom is -0.353 e. The number of carbonyl (C=O) groups is 1. The van der Waals surface area contributed by atoms with E-state index in [4.69, 9.17) is 11.6 Å². The lowest BCUT2D eigenvalue weighted by molar-refractivity contribution is -0.126. The second-order valence-electron chi connectivity index (χ2n) is 5.94. The summed E-state index contributed by atoms with van der Waals surface area (Å²) in [5.41, 5.74) is 0.493. The molecule has 2 rings (SSSR count). The summed E-state index contributed by atoms with van der Waals surface area (Å²) >= 11 is 5.90. The number of carbonyl (C=O) groups excluding carboxylic acids is 1. The Labute approximate surface area is 120 Å². The molecule has 0 heterocycles. The molecule has 0 radical (unpaired) electrons. The standard InChI is InChI=1S/C16H22ClNO/c1-16(2,12-8-10-13(17)11-9-12)15(19)18-14-6-4-3-5-7-14/h8-11,14H,3-7H2,1-2H3,(H,18,19). The quantitative estimate of drug-likeness (QED) is 0.888. The third-order valence-electron chi connectivity index (χ3n) is 4.07. The molecule has 0 saturated heterocycles. The Kier molecular flexibility index (Phi) is 4.51. The van der Waals surface area contributed by atoms with Crippen LogP contribution in [0.1, 0.15) is 51.5 Å². The molecule has 2 nitrogen and oxygen atoms in total. The van der Waals surface area contributed by atoms with Gasteiger partial charge in [-0.05, 0) is 44.4 Å². The molecular formula is C16H22ClNO. The Morgan fingerprint density at radius 3 is 2.32 bits per heavy atom. The van der Waals surface area contributed by atoms with Gasteiger partial charge in [-0.25, -0.2) is 0 Å². The molecule has 3 heteroatoms. The van der Waals surface area contributed by atoms with Crippen molar-refractivity contribution in [3.8, 4) is 0 Å². The van der Waals surface area contributed by atoms with Crippen LogP contribution >= 0.6 is 11.6 Å². The summed E-state index contributed by atoms with van der Waals surface area (Å²) in [4.78, 5) is 12.5. The smallest absolute Gasteiger partial charge is 0.230 e. The average Bonchev–Trinajstić information content (AvgIpc) is 2.40. The van der Waals surface area contributed by atoms with Crippen molar-refractivity contribution in [2.24, 2.45) is 0 Å². The van der Waals surface area contributed by atoms with Gasteiger partial charge in [-0.15, -0.1) is 0 Å². The minimum absolute atomic E-state index is 0.113. The van der Waals surface area contributed by atoms with Crippen LogP contribution in [0.15, 0.2) is 24.3 Å². The van der Waals surface area contributed by atoms with Gasteiger partial charge < -0.3 is 5.32 Å². The number of rotatable bonds is 3. The predicted octanol–water partition coefficient (Wildman–Crippen LogP) is 4.07. The first kappa shape index (κ1) is 14.4. The Hall–Kier alpha value is -1.02. The van der Waals surface area contributed by atoms with E-state index in [0.29, 0.717) is 11.1 Å². The fourth-order valence-electron chi connectivity index (χ4n) is 2.61. The second-order valence-corrected chi connectivity index (χ2v) is 6.38. The molecule has 1 fully saturated rings. The molecule has 0 aliphatic heterocycles. The Morgan fingerprint density at radius 2 is 1.74 bits per heavy atom. The van der Waals surface area contributed by atoms with Gasteiger partial charge in [0.25, 0.3) is 0 Å². The maximum Gasteiger partial charge on any atom is 0.230 e. The SMILES string of the molecule is CC(C)(C(=O)NC1CCCCC1)c1ccc(Cl)cc1. The minimum atomic E-state index is -0.512. The van der Waals surface area contributed by atoms with Crippen LogP contribution in [0.5, 0.6) is 0 Å². The maximum absolute atomic E-state index is 12.5. The number of amides is 1. The van der Waals surface area contributed by atoms with Crippen LogP contribution in [0.4, 0.5) is 0 Å². The van der Waals surface area contributed by atoms with Gasteiger partial charge in [0.1, 0.15) is 0 Å². The van der Waals surface area contributed by atoms with Crippen LogP contribution in [0.25, 0.3) is 0 Å². The van der Waals surface area contributed by atoms with Gasteiger partial charge in [0.15, 0.2) is 0 Å². The summed E-state index contributed by atoms with van der Waals surface area (Å²) in [5, 5.41) is 3.90. The maximum atomic E-state index is 12.5. The second kappa shape index (κ2) is 5.96. The molecule has 0 bridgehead atoms. The number of nitrogens with one attached hydrogen (secondary N) is 1. The van der Waals surface area contributed by atoms with Gasteiger partial charge in [-0.1, -0.05) is 43.0 Å². The molecule has 0 atom stereocenters. The molecule has 0 unspecified atom stereocenters. The molecule has 1 aromatic rings. The molecule has 0 spiro atoms. The fraction of sp³-hybridized carbons (Fsp3) is 0.562. The van der Waals surface area contributed by atoms with Crippen molar-refractivity contribution in [1.29, 1.82) is 0 Å². The first-order valence-electron chi connectivity index (χ1n) is 7.07. The van der Waals surface area contributed by atoms with Gasteiger partial charge in [0, 0.05) is 11.1 Å². The molecule has 1 N–H and O–H groups in total. The molecule has 1 aromatic carbocycles. The summed E-state index contributed by atoms with van der Waals surface area (Å²) in [6.07, 6.45) is 5.98. The van der Waals surface area contributed by atoms with E-state index in [1.165, 1.54) is 19.3 Å². The van der Waals surface area contributed by atoms with E-state index in [2.05, 4.69) is 5.32 Å². The molecule has 1 aliphatic carbocycles. The number of halogens is 1. The Bertz CT molecular complexity index is 433. The molecule has 104 valence electrons. The normalized spacial score (nSPS) is 17.2. The highest BCUT2D eigenvalue weighted by Gasteiger charge is 2.31. The van der Waals surface area contributed by atoms with Crippen molar-refractivity contribution < 1.29 is 4.79 Å². The topological polar surface area (TPSA) is 29.1 Å². The van der Waals surface area contributed by atoms with E-state index in [9.17, 15) is 4.79 Å². The van der Waals surface area contributed by atoms with Gasteiger partial charge in [-0.2, -0.15) is 0 Å². The van der Waals surface area contributed by atoms with Crippen LogP contribution < -0.4 is 5.32 Å². The van der Waals surface area contributed by atoms with Crippen molar-refractivity contribution in [2.75, 3.05) is 0 Å². The molecule has 1 aliphatic rings. The van der Waals surface area contributed by atoms with Crippen LogP contribution in [0, 0.1) is 0 Å². The van der Waals surface area contributed by atoms with Crippen molar-refractivity contribution in [3.63, 3.8) is 0 Å². The lowest BCUT2D eigenvalue weighted by Crippen LogP contribution is -2.45. The lowest BCUT2D eigenvalue weighted by Gasteiger charge is -2.29. The third kappa shape index (κ3) is 3.50.